The smallest absolute Gasteiger partial charge is 0.231 e. The van der Waals surface area contributed by atoms with Crippen LogP contribution in [0.3, 0.4) is 0 Å². The number of thiocarbonyl (C=S) groups is 1. The molecule has 0 bridgehead atoms. The quantitative estimate of drug-likeness (QED) is 0.820. The number of nitrogens with one attached hydrogen (secondary N) is 2. The van der Waals surface area contributed by atoms with E-state index in [1.54, 1.807) is 22.7 Å². The lowest BCUT2D eigenvalue weighted by molar-refractivity contribution is -0.118. The third kappa shape index (κ3) is 3.78. The largest absolute Gasteiger partial charge is 0.323 e. The number of hydrogen-bond acceptors (Lipinski definition) is 5. The SMILES string of the molecule is N#Cc1c(NC(=S)NC(=O)Cc2cccs2)sc2c1CCCC2. The summed E-state index contributed by atoms with van der Waals surface area (Å²) in [5.74, 6) is -0.148. The van der Waals surface area contributed by atoms with Crippen molar-refractivity contribution in [3.05, 3.63) is 38.4 Å². The van der Waals surface area contributed by atoms with E-state index in [1.165, 1.54) is 11.3 Å². The molecule has 0 radical (unpaired) electrons. The van der Waals surface area contributed by atoms with Crippen LogP contribution in [-0.2, 0) is 24.1 Å². The Labute approximate surface area is 148 Å². The molecule has 0 saturated heterocycles. The first-order chi connectivity index (χ1) is 11.2. The minimum atomic E-state index is -0.148. The van der Waals surface area contributed by atoms with Crippen LogP contribution in [0.2, 0.25) is 0 Å². The van der Waals surface area contributed by atoms with Crippen LogP contribution in [0, 0.1) is 11.3 Å². The van der Waals surface area contributed by atoms with Gasteiger partial charge >= 0.3 is 0 Å². The minimum absolute atomic E-state index is 0.148. The summed E-state index contributed by atoms with van der Waals surface area (Å²) in [5.41, 5.74) is 1.83. The van der Waals surface area contributed by atoms with Crippen LogP contribution in [0.1, 0.15) is 33.7 Å². The first-order valence-electron chi connectivity index (χ1n) is 7.35. The predicted molar refractivity (Wildman–Crippen MR) is 98.1 cm³/mol. The molecule has 118 valence electrons. The second kappa shape index (κ2) is 7.21. The summed E-state index contributed by atoms with van der Waals surface area (Å²) in [6.07, 6.45) is 4.58. The van der Waals surface area contributed by atoms with Crippen molar-refractivity contribution < 1.29 is 4.79 Å². The molecular formula is C16H15N3OS3. The Morgan fingerprint density at radius 1 is 1.39 bits per heavy atom. The summed E-state index contributed by atoms with van der Waals surface area (Å²) >= 11 is 8.33. The van der Waals surface area contributed by atoms with Gasteiger partial charge in [0.15, 0.2) is 5.11 Å². The maximum atomic E-state index is 12.0. The molecule has 0 aromatic carbocycles. The van der Waals surface area contributed by atoms with Crippen LogP contribution in [0.15, 0.2) is 17.5 Å². The number of thiophene rings is 2. The Bertz CT molecular complexity index is 771. The van der Waals surface area contributed by atoms with E-state index < -0.39 is 0 Å². The molecule has 0 aliphatic heterocycles. The zero-order valence-corrected chi connectivity index (χ0v) is 14.8. The van der Waals surface area contributed by atoms with Crippen LogP contribution >= 0.6 is 34.9 Å². The molecule has 1 aliphatic carbocycles. The molecule has 23 heavy (non-hydrogen) atoms. The molecule has 2 aromatic heterocycles. The molecule has 4 nitrogen and oxygen atoms in total. The normalized spacial score (nSPS) is 13.0. The van der Waals surface area contributed by atoms with E-state index in [9.17, 15) is 10.1 Å². The second-order valence-corrected chi connectivity index (χ2v) is 7.83. The fourth-order valence-electron chi connectivity index (χ4n) is 2.65. The standard InChI is InChI=1S/C16H15N3OS3/c17-9-12-11-5-1-2-6-13(11)23-15(12)19-16(21)18-14(20)8-10-4-3-7-22-10/h3-4,7H,1-2,5-6,8H2,(H2,18,19,20,21). The van der Waals surface area contributed by atoms with Crippen molar-refractivity contribution in [3.63, 3.8) is 0 Å². The summed E-state index contributed by atoms with van der Waals surface area (Å²) in [6, 6.07) is 6.11. The Kier molecular flexibility index (Phi) is 5.06. The molecule has 0 fully saturated rings. The number of carbonyl (C=O) groups excluding carboxylic acids is 1. The average Bonchev–Trinajstić information content (AvgIpc) is 3.13. The molecule has 2 N–H and O–H groups in total. The van der Waals surface area contributed by atoms with Gasteiger partial charge in [0.2, 0.25) is 5.91 Å². The van der Waals surface area contributed by atoms with E-state index in [4.69, 9.17) is 12.2 Å². The summed E-state index contributed by atoms with van der Waals surface area (Å²) in [5, 5.41) is 18.1. The van der Waals surface area contributed by atoms with Gasteiger partial charge < -0.3 is 10.6 Å². The number of nitrogens with zero attached hydrogens (tertiary/aromatic N) is 1. The average molecular weight is 362 g/mol. The van der Waals surface area contributed by atoms with Crippen LogP contribution in [0.5, 0.6) is 0 Å². The first kappa shape index (κ1) is 16.1. The lowest BCUT2D eigenvalue weighted by Crippen LogP contribution is -2.34. The third-order valence-corrected chi connectivity index (χ3v) is 5.97. The molecule has 3 rings (SSSR count). The number of anilines is 1. The summed E-state index contributed by atoms with van der Waals surface area (Å²) < 4.78 is 0. The fourth-order valence-corrected chi connectivity index (χ4v) is 4.88. The number of carbonyl (C=O) groups is 1. The highest BCUT2D eigenvalue weighted by Gasteiger charge is 2.21. The lowest BCUT2D eigenvalue weighted by atomic mass is 9.96. The highest BCUT2D eigenvalue weighted by atomic mass is 32.1. The number of rotatable bonds is 3. The molecule has 1 amide bonds. The van der Waals surface area contributed by atoms with Gasteiger partial charge in [0.25, 0.3) is 0 Å². The molecule has 2 aromatic rings. The highest BCUT2D eigenvalue weighted by molar-refractivity contribution is 7.80. The topological polar surface area (TPSA) is 64.9 Å². The number of amides is 1. The zero-order valence-electron chi connectivity index (χ0n) is 12.3. The van der Waals surface area contributed by atoms with Gasteiger partial charge in [-0.3, -0.25) is 4.79 Å². The highest BCUT2D eigenvalue weighted by Crippen LogP contribution is 2.37. The van der Waals surface area contributed by atoms with E-state index in [1.807, 2.05) is 17.5 Å². The van der Waals surface area contributed by atoms with Gasteiger partial charge in [-0.2, -0.15) is 5.26 Å². The Morgan fingerprint density at radius 3 is 2.96 bits per heavy atom. The van der Waals surface area contributed by atoms with Gasteiger partial charge in [-0.25, -0.2) is 0 Å². The Balaban J connectivity index is 1.65. The maximum Gasteiger partial charge on any atom is 0.231 e. The molecule has 1 aliphatic rings. The van der Waals surface area contributed by atoms with Crippen molar-refractivity contribution in [2.24, 2.45) is 0 Å². The van der Waals surface area contributed by atoms with Crippen LogP contribution < -0.4 is 10.6 Å². The molecular weight excluding hydrogens is 346 g/mol. The van der Waals surface area contributed by atoms with Crippen molar-refractivity contribution in [1.82, 2.24) is 5.32 Å². The van der Waals surface area contributed by atoms with Gasteiger partial charge in [-0.15, -0.1) is 22.7 Å². The Hall–Kier alpha value is -1.75. The molecule has 7 heteroatoms. The first-order valence-corrected chi connectivity index (χ1v) is 9.45. The Morgan fingerprint density at radius 2 is 2.22 bits per heavy atom. The van der Waals surface area contributed by atoms with E-state index >= 15 is 0 Å². The van der Waals surface area contributed by atoms with E-state index in [-0.39, 0.29) is 11.0 Å². The minimum Gasteiger partial charge on any atom is -0.323 e. The van der Waals surface area contributed by atoms with Crippen molar-refractivity contribution in [1.29, 1.82) is 5.26 Å². The van der Waals surface area contributed by atoms with Crippen molar-refractivity contribution in [2.45, 2.75) is 32.1 Å². The van der Waals surface area contributed by atoms with Crippen LogP contribution in [0.25, 0.3) is 0 Å². The van der Waals surface area contributed by atoms with Crippen molar-refractivity contribution in [2.75, 3.05) is 5.32 Å². The summed E-state index contributed by atoms with van der Waals surface area (Å²) in [4.78, 5) is 14.2. The van der Waals surface area contributed by atoms with E-state index in [0.717, 1.165) is 34.7 Å². The van der Waals surface area contributed by atoms with Gasteiger partial charge in [-0.1, -0.05) is 6.07 Å². The molecule has 0 atom stereocenters. The molecule has 2 heterocycles. The number of hydrogen-bond donors (Lipinski definition) is 2. The molecule has 0 unspecified atom stereocenters. The van der Waals surface area contributed by atoms with Crippen LogP contribution in [0.4, 0.5) is 5.00 Å². The van der Waals surface area contributed by atoms with Gasteiger partial charge in [0.05, 0.1) is 12.0 Å². The maximum absolute atomic E-state index is 12.0. The zero-order chi connectivity index (χ0) is 16.2. The molecule has 0 spiro atoms. The van der Waals surface area contributed by atoms with E-state index in [0.29, 0.717) is 12.0 Å². The lowest BCUT2D eigenvalue weighted by Gasteiger charge is -2.09. The van der Waals surface area contributed by atoms with E-state index in [2.05, 4.69) is 16.7 Å². The summed E-state index contributed by atoms with van der Waals surface area (Å²) in [6.45, 7) is 0. The van der Waals surface area contributed by atoms with Crippen molar-refractivity contribution >= 4 is 50.9 Å². The number of aryl methyl sites for hydroxylation is 1. The van der Waals surface area contributed by atoms with Crippen molar-refractivity contribution in [3.8, 4) is 6.07 Å². The monoisotopic (exact) mass is 361 g/mol. The fraction of sp³-hybridized carbons (Fsp3) is 0.312. The van der Waals surface area contributed by atoms with Gasteiger partial charge in [0.1, 0.15) is 11.1 Å². The number of fused-ring (bicyclic) bond motifs is 1. The van der Waals surface area contributed by atoms with Crippen LogP contribution in [-0.4, -0.2) is 11.0 Å². The van der Waals surface area contributed by atoms with Gasteiger partial charge in [0, 0.05) is 9.75 Å². The number of nitriles is 1. The second-order valence-electron chi connectivity index (χ2n) is 5.29. The molecule has 0 saturated carbocycles. The summed E-state index contributed by atoms with van der Waals surface area (Å²) in [7, 11) is 0. The third-order valence-electron chi connectivity index (χ3n) is 3.68. The predicted octanol–water partition coefficient (Wildman–Crippen LogP) is 3.62. The van der Waals surface area contributed by atoms with Gasteiger partial charge in [-0.05, 0) is 54.9 Å².